The predicted molar refractivity (Wildman–Crippen MR) is 93.3 cm³/mol. The van der Waals surface area contributed by atoms with E-state index in [0.717, 1.165) is 36.9 Å². The summed E-state index contributed by atoms with van der Waals surface area (Å²) in [5, 5.41) is 3.27. The standard InChI is InChI=1S/C15H20N2OS2.ClH/c18-15(14-10-19-11-16-14)17-7-6-12(8-17)9-20-13-4-2-1-3-5-13;/h1-5,12,14,16H,6-11H2;1H. The van der Waals surface area contributed by atoms with Crippen LogP contribution >= 0.6 is 35.9 Å². The Morgan fingerprint density at radius 1 is 1.38 bits per heavy atom. The summed E-state index contributed by atoms with van der Waals surface area (Å²) in [6, 6.07) is 10.6. The van der Waals surface area contributed by atoms with Crippen LogP contribution in [0, 0.1) is 5.92 Å². The van der Waals surface area contributed by atoms with Crippen LogP contribution in [-0.4, -0.2) is 47.3 Å². The minimum Gasteiger partial charge on any atom is -0.341 e. The second-order valence-electron chi connectivity index (χ2n) is 5.33. The molecule has 0 radical (unpaired) electrons. The molecule has 0 aliphatic carbocycles. The summed E-state index contributed by atoms with van der Waals surface area (Å²) in [6.07, 6.45) is 1.14. The molecule has 0 bridgehead atoms. The van der Waals surface area contributed by atoms with Gasteiger partial charge in [-0.25, -0.2) is 0 Å². The van der Waals surface area contributed by atoms with Crippen molar-refractivity contribution in [3.05, 3.63) is 30.3 Å². The van der Waals surface area contributed by atoms with Crippen molar-refractivity contribution in [3.63, 3.8) is 0 Å². The highest BCUT2D eigenvalue weighted by Crippen LogP contribution is 2.26. The molecule has 2 heterocycles. The second-order valence-corrected chi connectivity index (χ2v) is 7.46. The molecule has 2 fully saturated rings. The lowest BCUT2D eigenvalue weighted by Gasteiger charge is -2.20. The van der Waals surface area contributed by atoms with Crippen LogP contribution in [0.2, 0.25) is 0 Å². The van der Waals surface area contributed by atoms with Gasteiger partial charge in [0.15, 0.2) is 0 Å². The van der Waals surface area contributed by atoms with Gasteiger partial charge in [-0.3, -0.25) is 10.1 Å². The lowest BCUT2D eigenvalue weighted by Crippen LogP contribution is -2.43. The fraction of sp³-hybridized carbons (Fsp3) is 0.533. The third-order valence-electron chi connectivity index (χ3n) is 3.84. The number of benzene rings is 1. The molecule has 0 aromatic heterocycles. The van der Waals surface area contributed by atoms with Crippen LogP contribution < -0.4 is 5.32 Å². The first-order chi connectivity index (χ1) is 9.83. The average Bonchev–Trinajstić information content (AvgIpc) is 3.17. The molecule has 1 aromatic rings. The molecule has 6 heteroatoms. The zero-order chi connectivity index (χ0) is 13.8. The van der Waals surface area contributed by atoms with E-state index in [-0.39, 0.29) is 18.4 Å². The highest BCUT2D eigenvalue weighted by atomic mass is 35.5. The number of thioether (sulfide) groups is 2. The van der Waals surface area contributed by atoms with Crippen molar-refractivity contribution >= 4 is 41.8 Å². The molecule has 0 spiro atoms. The fourth-order valence-corrected chi connectivity index (χ4v) is 4.66. The lowest BCUT2D eigenvalue weighted by atomic mass is 10.2. The maximum atomic E-state index is 12.3. The Balaban J connectivity index is 0.00000161. The van der Waals surface area contributed by atoms with E-state index in [1.807, 2.05) is 29.6 Å². The Hall–Kier alpha value is -0.360. The number of likely N-dealkylation sites (tertiary alicyclic amines) is 1. The SMILES string of the molecule is Cl.O=C(C1CSCN1)N1CCC(CSc2ccccc2)C1. The van der Waals surface area contributed by atoms with Crippen LogP contribution in [-0.2, 0) is 4.79 Å². The molecule has 2 aliphatic rings. The molecule has 2 unspecified atom stereocenters. The Morgan fingerprint density at radius 2 is 2.19 bits per heavy atom. The Labute approximate surface area is 141 Å². The molecule has 1 aromatic carbocycles. The summed E-state index contributed by atoms with van der Waals surface area (Å²) in [7, 11) is 0. The number of carbonyl (C=O) groups excluding carboxylic acids is 1. The molecule has 2 atom stereocenters. The molecule has 2 aliphatic heterocycles. The van der Waals surface area contributed by atoms with Gasteiger partial charge in [0.2, 0.25) is 5.91 Å². The van der Waals surface area contributed by atoms with Crippen molar-refractivity contribution in [1.82, 2.24) is 10.2 Å². The van der Waals surface area contributed by atoms with Crippen molar-refractivity contribution in [1.29, 1.82) is 0 Å². The van der Waals surface area contributed by atoms with E-state index >= 15 is 0 Å². The summed E-state index contributed by atoms with van der Waals surface area (Å²) in [5.74, 6) is 3.90. The molecule has 1 amide bonds. The zero-order valence-corrected chi connectivity index (χ0v) is 14.3. The molecule has 0 saturated carbocycles. The van der Waals surface area contributed by atoms with Crippen molar-refractivity contribution in [3.8, 4) is 0 Å². The molecule has 3 rings (SSSR count). The Bertz CT molecular complexity index is 454. The number of rotatable bonds is 4. The van der Waals surface area contributed by atoms with Crippen LogP contribution in [0.15, 0.2) is 35.2 Å². The second kappa shape index (κ2) is 8.32. The largest absolute Gasteiger partial charge is 0.341 e. The van der Waals surface area contributed by atoms with Crippen LogP contribution in [0.25, 0.3) is 0 Å². The van der Waals surface area contributed by atoms with Crippen molar-refractivity contribution in [2.75, 3.05) is 30.5 Å². The monoisotopic (exact) mass is 344 g/mol. The zero-order valence-electron chi connectivity index (χ0n) is 11.9. The number of nitrogens with one attached hydrogen (secondary N) is 1. The van der Waals surface area contributed by atoms with Gasteiger partial charge in [-0.1, -0.05) is 18.2 Å². The number of hydrogen-bond acceptors (Lipinski definition) is 4. The van der Waals surface area contributed by atoms with Gasteiger partial charge in [0.25, 0.3) is 0 Å². The van der Waals surface area contributed by atoms with Crippen LogP contribution in [0.4, 0.5) is 0 Å². The van der Waals surface area contributed by atoms with E-state index in [1.165, 1.54) is 4.90 Å². The van der Waals surface area contributed by atoms with E-state index in [1.54, 1.807) is 0 Å². The average molecular weight is 345 g/mol. The minimum absolute atomic E-state index is 0. The quantitative estimate of drug-likeness (QED) is 0.851. The Kier molecular flexibility index (Phi) is 6.74. The maximum absolute atomic E-state index is 12.3. The summed E-state index contributed by atoms with van der Waals surface area (Å²) in [6.45, 7) is 1.86. The third-order valence-corrected chi connectivity index (χ3v) is 6.02. The van der Waals surface area contributed by atoms with Gasteiger partial charge >= 0.3 is 0 Å². The molecular weight excluding hydrogens is 324 g/mol. The van der Waals surface area contributed by atoms with E-state index < -0.39 is 0 Å². The Morgan fingerprint density at radius 3 is 2.90 bits per heavy atom. The predicted octanol–water partition coefficient (Wildman–Crippen LogP) is 2.71. The van der Waals surface area contributed by atoms with E-state index in [0.29, 0.717) is 11.8 Å². The van der Waals surface area contributed by atoms with Gasteiger partial charge in [-0.2, -0.15) is 0 Å². The van der Waals surface area contributed by atoms with E-state index in [4.69, 9.17) is 0 Å². The van der Waals surface area contributed by atoms with Gasteiger partial charge in [0, 0.05) is 35.4 Å². The summed E-state index contributed by atoms with van der Waals surface area (Å²) in [4.78, 5) is 15.7. The number of amides is 1. The summed E-state index contributed by atoms with van der Waals surface area (Å²) >= 11 is 3.72. The van der Waals surface area contributed by atoms with Crippen molar-refractivity contribution in [2.24, 2.45) is 5.92 Å². The highest BCUT2D eigenvalue weighted by Gasteiger charge is 2.32. The molecule has 116 valence electrons. The number of hydrogen-bond donors (Lipinski definition) is 1. The van der Waals surface area contributed by atoms with Gasteiger partial charge in [-0.05, 0) is 24.5 Å². The highest BCUT2D eigenvalue weighted by molar-refractivity contribution is 7.99. The van der Waals surface area contributed by atoms with Gasteiger partial charge < -0.3 is 4.90 Å². The molecular formula is C15H21ClN2OS2. The molecule has 3 nitrogen and oxygen atoms in total. The first-order valence-electron chi connectivity index (χ1n) is 7.10. The van der Waals surface area contributed by atoms with Crippen LogP contribution in [0.1, 0.15) is 6.42 Å². The smallest absolute Gasteiger partial charge is 0.240 e. The number of halogens is 1. The van der Waals surface area contributed by atoms with Crippen molar-refractivity contribution in [2.45, 2.75) is 17.4 Å². The van der Waals surface area contributed by atoms with Gasteiger partial charge in [0.1, 0.15) is 0 Å². The first-order valence-corrected chi connectivity index (χ1v) is 9.25. The lowest BCUT2D eigenvalue weighted by molar-refractivity contribution is -0.131. The molecule has 2 saturated heterocycles. The minimum atomic E-state index is 0. The van der Waals surface area contributed by atoms with Crippen LogP contribution in [0.3, 0.4) is 0 Å². The topological polar surface area (TPSA) is 32.3 Å². The summed E-state index contributed by atoms with van der Waals surface area (Å²) in [5.41, 5.74) is 0. The third kappa shape index (κ3) is 4.55. The number of nitrogens with zero attached hydrogens (tertiary/aromatic N) is 1. The number of carbonyl (C=O) groups is 1. The van der Waals surface area contributed by atoms with Crippen LogP contribution in [0.5, 0.6) is 0 Å². The van der Waals surface area contributed by atoms with Gasteiger partial charge in [0.05, 0.1) is 6.04 Å². The normalized spacial score (nSPS) is 24.9. The van der Waals surface area contributed by atoms with E-state index in [2.05, 4.69) is 34.5 Å². The fourth-order valence-electron chi connectivity index (χ4n) is 2.67. The molecule has 1 N–H and O–H groups in total. The maximum Gasteiger partial charge on any atom is 0.240 e. The summed E-state index contributed by atoms with van der Waals surface area (Å²) < 4.78 is 0. The first kappa shape index (κ1) is 17.0. The van der Waals surface area contributed by atoms with Gasteiger partial charge in [-0.15, -0.1) is 35.9 Å². The van der Waals surface area contributed by atoms with Crippen molar-refractivity contribution < 1.29 is 4.79 Å². The molecule has 21 heavy (non-hydrogen) atoms. The van der Waals surface area contributed by atoms with E-state index in [9.17, 15) is 4.79 Å².